The SMILES string of the molecule is [2H]CN1CCC[C@@]1(C[2H])C(=O)N[C@H](C(=O)N(C)[C@@H]([C@@H](C)CC)[C@@H](CC(=O)N1CCC[C@H]1[C@H](OC)[C@@H](C)C(=O)Oc1c(F)c(F)c(F)c(F)c1F)OC)C(C)C. The minimum absolute atomic E-state index is 0.156. The highest BCUT2D eigenvalue weighted by Crippen LogP contribution is 2.33. The number of halogens is 5. The topological polar surface area (TPSA) is 118 Å². The highest BCUT2D eigenvalue weighted by atomic mass is 19.2. The van der Waals surface area contributed by atoms with Gasteiger partial charge in [-0.1, -0.05) is 34.1 Å². The molecular formula is C37H55F5N4O7. The summed E-state index contributed by atoms with van der Waals surface area (Å²) in [4.78, 5) is 59.7. The molecule has 2 heterocycles. The molecule has 16 heteroatoms. The van der Waals surface area contributed by atoms with Gasteiger partial charge in [0.15, 0.2) is 0 Å². The first kappa shape index (κ1) is 40.8. The van der Waals surface area contributed by atoms with Crippen LogP contribution in [-0.4, -0.2) is 116 Å². The molecule has 0 bridgehead atoms. The van der Waals surface area contributed by atoms with Crippen molar-refractivity contribution in [2.45, 2.75) is 116 Å². The van der Waals surface area contributed by atoms with Crippen molar-refractivity contribution in [3.8, 4) is 5.75 Å². The van der Waals surface area contributed by atoms with E-state index in [0.29, 0.717) is 38.6 Å². The molecule has 0 aliphatic carbocycles. The molecule has 2 aliphatic rings. The van der Waals surface area contributed by atoms with Gasteiger partial charge in [0.2, 0.25) is 52.6 Å². The molecule has 0 unspecified atom stereocenters. The van der Waals surface area contributed by atoms with Crippen LogP contribution in [-0.2, 0) is 28.7 Å². The molecule has 1 aromatic carbocycles. The van der Waals surface area contributed by atoms with E-state index >= 15 is 0 Å². The van der Waals surface area contributed by atoms with E-state index in [9.17, 15) is 41.1 Å². The fourth-order valence-electron chi connectivity index (χ4n) is 7.36. The zero-order valence-electron chi connectivity index (χ0n) is 33.8. The van der Waals surface area contributed by atoms with Crippen LogP contribution in [0.2, 0.25) is 0 Å². The molecule has 300 valence electrons. The predicted molar refractivity (Wildman–Crippen MR) is 185 cm³/mol. The molecule has 8 atom stereocenters. The number of methoxy groups -OCH3 is 2. The third-order valence-corrected chi connectivity index (χ3v) is 10.9. The predicted octanol–water partition coefficient (Wildman–Crippen LogP) is 4.83. The summed E-state index contributed by atoms with van der Waals surface area (Å²) < 4.78 is 102. The second-order valence-corrected chi connectivity index (χ2v) is 14.5. The smallest absolute Gasteiger partial charge is 0.316 e. The molecular weight excluding hydrogens is 707 g/mol. The van der Waals surface area contributed by atoms with Crippen LogP contribution in [0.15, 0.2) is 0 Å². The zero-order valence-corrected chi connectivity index (χ0v) is 31.8. The molecule has 3 amide bonds. The molecule has 1 N–H and O–H groups in total. The Morgan fingerprint density at radius 3 is 2.11 bits per heavy atom. The summed E-state index contributed by atoms with van der Waals surface area (Å²) in [5.74, 6) is -17.8. The van der Waals surface area contributed by atoms with E-state index in [1.54, 1.807) is 25.8 Å². The van der Waals surface area contributed by atoms with Crippen LogP contribution in [0.4, 0.5) is 22.0 Å². The number of ether oxygens (including phenoxy) is 3. The second kappa shape index (κ2) is 18.3. The fraction of sp³-hybridized carbons (Fsp3) is 0.730. The van der Waals surface area contributed by atoms with Crippen molar-refractivity contribution in [3.63, 3.8) is 0 Å². The number of rotatable bonds is 16. The minimum atomic E-state index is -2.40. The zero-order chi connectivity index (χ0) is 41.5. The molecule has 2 fully saturated rings. The van der Waals surface area contributed by atoms with Gasteiger partial charge in [0.05, 0.1) is 42.2 Å². The largest absolute Gasteiger partial charge is 0.420 e. The molecule has 0 aromatic heterocycles. The van der Waals surface area contributed by atoms with Crippen molar-refractivity contribution in [2.24, 2.45) is 17.8 Å². The lowest BCUT2D eigenvalue weighted by molar-refractivity contribution is -0.151. The molecule has 3 rings (SSSR count). The van der Waals surface area contributed by atoms with Crippen LogP contribution in [0.1, 0.15) is 82.8 Å². The van der Waals surface area contributed by atoms with E-state index in [1.807, 2.05) is 13.8 Å². The van der Waals surface area contributed by atoms with Gasteiger partial charge in [-0.3, -0.25) is 24.1 Å². The number of nitrogens with one attached hydrogen (secondary N) is 1. The van der Waals surface area contributed by atoms with E-state index in [0.717, 1.165) is 0 Å². The standard InChI is InChI=1S/C37H55F5N4O7/c1-11-20(4)31(45(8)34(48)30(19(2)3)43-36(50)37(6)15-13-16-44(37)7)23(51-9)18-24(47)46-17-12-14-22(46)32(52-10)21(5)35(49)53-33-28(41)26(39)25(38)27(40)29(33)42/h19-23,30-32H,11-18H2,1-10H3,(H,43,50)/t20-,21+,22-,23+,30-,31-,32+,37-/m0/s1/i6D,7D. The Morgan fingerprint density at radius 2 is 1.58 bits per heavy atom. The summed E-state index contributed by atoms with van der Waals surface area (Å²) in [6.45, 7) is 9.18. The number of hydrogen-bond donors (Lipinski definition) is 1. The summed E-state index contributed by atoms with van der Waals surface area (Å²) in [6.07, 6.45) is 0.322. The van der Waals surface area contributed by atoms with Crippen molar-refractivity contribution < 1.29 is 58.1 Å². The Balaban J connectivity index is 1.82. The summed E-state index contributed by atoms with van der Waals surface area (Å²) in [5.41, 5.74) is -1.21. The number of carbonyl (C=O) groups is 4. The van der Waals surface area contributed by atoms with Gasteiger partial charge in [-0.15, -0.1) is 0 Å². The highest BCUT2D eigenvalue weighted by molar-refractivity contribution is 5.92. The van der Waals surface area contributed by atoms with E-state index in [4.69, 9.17) is 12.2 Å². The van der Waals surface area contributed by atoms with Crippen LogP contribution in [0.5, 0.6) is 5.75 Å². The number of esters is 1. The molecule has 11 nitrogen and oxygen atoms in total. The third kappa shape index (κ3) is 9.13. The lowest BCUT2D eigenvalue weighted by Gasteiger charge is -2.41. The van der Waals surface area contributed by atoms with Crippen LogP contribution >= 0.6 is 0 Å². The number of benzene rings is 1. The van der Waals surface area contributed by atoms with Crippen LogP contribution in [0, 0.1) is 46.8 Å². The molecule has 0 radical (unpaired) electrons. The molecule has 2 saturated heterocycles. The first-order chi connectivity index (χ1) is 25.9. The van der Waals surface area contributed by atoms with Gasteiger partial charge in [-0.2, -0.15) is 8.78 Å². The number of hydrogen-bond acceptors (Lipinski definition) is 8. The van der Waals surface area contributed by atoms with Crippen LogP contribution in [0.25, 0.3) is 0 Å². The Labute approximate surface area is 311 Å². The van der Waals surface area contributed by atoms with E-state index in [2.05, 4.69) is 10.1 Å². The first-order valence-electron chi connectivity index (χ1n) is 19.3. The average Bonchev–Trinajstić information content (AvgIpc) is 3.84. The third-order valence-electron chi connectivity index (χ3n) is 10.9. The summed E-state index contributed by atoms with van der Waals surface area (Å²) in [7, 11) is 4.09. The molecule has 53 heavy (non-hydrogen) atoms. The number of amides is 3. The Kier molecular flexibility index (Phi) is 14.1. The van der Waals surface area contributed by atoms with Gasteiger partial charge in [0, 0.05) is 30.6 Å². The second-order valence-electron chi connectivity index (χ2n) is 14.5. The summed E-state index contributed by atoms with van der Waals surface area (Å²) in [6, 6.07) is -2.38. The fourth-order valence-corrected chi connectivity index (χ4v) is 7.36. The maximum absolute atomic E-state index is 14.3. The van der Waals surface area contributed by atoms with Crippen molar-refractivity contribution in [1.82, 2.24) is 20.0 Å². The van der Waals surface area contributed by atoms with Gasteiger partial charge < -0.3 is 29.3 Å². The van der Waals surface area contributed by atoms with Crippen LogP contribution < -0.4 is 10.1 Å². The van der Waals surface area contributed by atoms with Crippen molar-refractivity contribution in [3.05, 3.63) is 29.1 Å². The van der Waals surface area contributed by atoms with E-state index < -0.39 is 100 Å². The Hall–Kier alpha value is -3.37. The Morgan fingerprint density at radius 1 is 0.962 bits per heavy atom. The molecule has 0 saturated carbocycles. The van der Waals surface area contributed by atoms with Gasteiger partial charge in [-0.25, -0.2) is 13.2 Å². The molecule has 1 aromatic rings. The average molecular weight is 765 g/mol. The minimum Gasteiger partial charge on any atom is -0.420 e. The number of nitrogens with zero attached hydrogens (tertiary/aromatic N) is 3. The van der Waals surface area contributed by atoms with Crippen molar-refractivity contribution >= 4 is 23.7 Å². The van der Waals surface area contributed by atoms with E-state index in [-0.39, 0.29) is 38.7 Å². The van der Waals surface area contributed by atoms with Gasteiger partial charge in [0.25, 0.3) is 0 Å². The Bertz CT molecular complexity index is 1520. The normalized spacial score (nSPS) is 23.1. The van der Waals surface area contributed by atoms with Gasteiger partial charge >= 0.3 is 5.97 Å². The van der Waals surface area contributed by atoms with Gasteiger partial charge in [-0.05, 0) is 64.9 Å². The lowest BCUT2D eigenvalue weighted by atomic mass is 9.89. The highest BCUT2D eigenvalue weighted by Gasteiger charge is 2.46. The van der Waals surface area contributed by atoms with Crippen molar-refractivity contribution in [1.29, 1.82) is 0 Å². The number of likely N-dealkylation sites (N-methyl/N-ethyl adjacent to an activating group) is 2. The monoisotopic (exact) mass is 764 g/mol. The lowest BCUT2D eigenvalue weighted by Crippen LogP contribution is -2.61. The molecule has 0 spiro atoms. The summed E-state index contributed by atoms with van der Waals surface area (Å²) >= 11 is 0. The number of carbonyl (C=O) groups excluding carboxylic acids is 4. The van der Waals surface area contributed by atoms with Crippen molar-refractivity contribution in [2.75, 3.05) is 41.4 Å². The number of likely N-dealkylation sites (tertiary alicyclic amines) is 2. The molecule has 2 aliphatic heterocycles. The quantitative estimate of drug-likeness (QED) is 0.0837. The van der Waals surface area contributed by atoms with E-state index in [1.165, 1.54) is 30.9 Å². The first-order valence-corrected chi connectivity index (χ1v) is 17.9. The van der Waals surface area contributed by atoms with Gasteiger partial charge in [0.1, 0.15) is 6.04 Å². The summed E-state index contributed by atoms with van der Waals surface area (Å²) in [5, 5.41) is 2.88. The maximum Gasteiger partial charge on any atom is 0.316 e. The van der Waals surface area contributed by atoms with Crippen LogP contribution in [0.3, 0.4) is 0 Å². The maximum atomic E-state index is 14.3.